The maximum Gasteiger partial charge on any atom is 0.170 e. The summed E-state index contributed by atoms with van der Waals surface area (Å²) in [7, 11) is 0. The van der Waals surface area contributed by atoms with E-state index in [0.29, 0.717) is 25.7 Å². The van der Waals surface area contributed by atoms with Gasteiger partial charge in [0.25, 0.3) is 0 Å². The summed E-state index contributed by atoms with van der Waals surface area (Å²) < 4.78 is 12.1. The van der Waals surface area contributed by atoms with Crippen molar-refractivity contribution in [3.05, 3.63) is 0 Å². The predicted molar refractivity (Wildman–Crippen MR) is 91.4 cm³/mol. The molecule has 0 heterocycles. The molecule has 0 aliphatic heterocycles. The van der Waals surface area contributed by atoms with Crippen molar-refractivity contribution in [3.63, 3.8) is 0 Å². The molecule has 0 aliphatic carbocycles. The summed E-state index contributed by atoms with van der Waals surface area (Å²) >= 11 is 0. The van der Waals surface area contributed by atoms with E-state index < -0.39 is 5.79 Å². The fourth-order valence-electron chi connectivity index (χ4n) is 3.22. The number of hydrogen-bond acceptors (Lipinski definition) is 3. The molecule has 3 nitrogen and oxygen atoms in total. The zero-order valence-corrected chi connectivity index (χ0v) is 15.0. The van der Waals surface area contributed by atoms with E-state index in [-0.39, 0.29) is 0 Å². The minimum absolute atomic E-state index is 0.415. The molecular formula is C18H39NO2. The highest BCUT2D eigenvalue weighted by molar-refractivity contribution is 4.79. The van der Waals surface area contributed by atoms with E-state index in [4.69, 9.17) is 15.2 Å². The van der Waals surface area contributed by atoms with Gasteiger partial charge in [-0.15, -0.1) is 0 Å². The Morgan fingerprint density at radius 3 is 1.86 bits per heavy atom. The Hall–Kier alpha value is -0.120. The molecule has 0 fully saturated rings. The minimum atomic E-state index is -0.424. The van der Waals surface area contributed by atoms with E-state index in [1.165, 1.54) is 38.5 Å². The van der Waals surface area contributed by atoms with E-state index in [9.17, 15) is 0 Å². The van der Waals surface area contributed by atoms with Crippen LogP contribution in [0, 0.1) is 5.92 Å². The van der Waals surface area contributed by atoms with Crippen molar-refractivity contribution in [1.82, 2.24) is 0 Å². The molecule has 0 aromatic carbocycles. The van der Waals surface area contributed by atoms with Crippen molar-refractivity contribution >= 4 is 0 Å². The van der Waals surface area contributed by atoms with Crippen molar-refractivity contribution in [2.45, 2.75) is 91.3 Å². The van der Waals surface area contributed by atoms with Crippen LogP contribution >= 0.6 is 0 Å². The largest absolute Gasteiger partial charge is 0.350 e. The van der Waals surface area contributed by atoms with Crippen LogP contribution in [0.15, 0.2) is 0 Å². The smallest absolute Gasteiger partial charge is 0.170 e. The molecule has 1 unspecified atom stereocenters. The van der Waals surface area contributed by atoms with Gasteiger partial charge in [0.2, 0.25) is 0 Å². The van der Waals surface area contributed by atoms with Crippen molar-refractivity contribution in [2.75, 3.05) is 19.8 Å². The van der Waals surface area contributed by atoms with Crippen LogP contribution < -0.4 is 5.73 Å². The third-order valence-corrected chi connectivity index (χ3v) is 4.31. The van der Waals surface area contributed by atoms with Crippen LogP contribution in [0.1, 0.15) is 85.5 Å². The van der Waals surface area contributed by atoms with Gasteiger partial charge in [0, 0.05) is 19.1 Å². The van der Waals surface area contributed by atoms with Crippen LogP contribution in [0.2, 0.25) is 0 Å². The highest BCUT2D eigenvalue weighted by Crippen LogP contribution is 2.34. The van der Waals surface area contributed by atoms with Crippen molar-refractivity contribution in [3.8, 4) is 0 Å². The first-order chi connectivity index (χ1) is 10.2. The van der Waals surface area contributed by atoms with Crippen LogP contribution in [-0.2, 0) is 9.47 Å². The lowest BCUT2D eigenvalue weighted by Gasteiger charge is -2.39. The average molecular weight is 302 g/mol. The first-order valence-electron chi connectivity index (χ1n) is 9.18. The van der Waals surface area contributed by atoms with E-state index in [2.05, 4.69) is 13.8 Å². The third kappa shape index (κ3) is 8.18. The normalized spacial score (nSPS) is 13.6. The number of ether oxygens (including phenoxy) is 2. The van der Waals surface area contributed by atoms with Gasteiger partial charge < -0.3 is 15.2 Å². The average Bonchev–Trinajstić information content (AvgIpc) is 2.49. The second-order valence-electron chi connectivity index (χ2n) is 5.86. The molecule has 21 heavy (non-hydrogen) atoms. The van der Waals surface area contributed by atoms with Gasteiger partial charge in [0.05, 0.1) is 0 Å². The van der Waals surface area contributed by atoms with Crippen molar-refractivity contribution in [1.29, 1.82) is 0 Å². The second-order valence-corrected chi connectivity index (χ2v) is 5.86. The SMILES string of the molecule is CCCCCCCCC(CCN)C(CC)(OCC)OCC. The van der Waals surface area contributed by atoms with Gasteiger partial charge in [-0.05, 0) is 39.7 Å². The monoisotopic (exact) mass is 301 g/mol. The lowest BCUT2D eigenvalue weighted by Crippen LogP contribution is -2.44. The highest BCUT2D eigenvalue weighted by Gasteiger charge is 2.37. The van der Waals surface area contributed by atoms with Gasteiger partial charge in [0.1, 0.15) is 0 Å². The summed E-state index contributed by atoms with van der Waals surface area (Å²) in [6.45, 7) is 10.6. The molecule has 3 heteroatoms. The molecule has 1 atom stereocenters. The van der Waals surface area contributed by atoms with Crippen LogP contribution in [0.4, 0.5) is 0 Å². The lowest BCUT2D eigenvalue weighted by atomic mass is 9.87. The molecule has 0 bridgehead atoms. The Morgan fingerprint density at radius 2 is 1.38 bits per heavy atom. The van der Waals surface area contributed by atoms with Gasteiger partial charge in [-0.3, -0.25) is 0 Å². The Balaban J connectivity index is 4.44. The molecule has 0 saturated carbocycles. The van der Waals surface area contributed by atoms with E-state index in [0.717, 1.165) is 19.3 Å². The molecule has 0 radical (unpaired) electrons. The Labute approximate surface area is 133 Å². The molecule has 0 aromatic rings. The summed E-state index contributed by atoms with van der Waals surface area (Å²) in [5.41, 5.74) is 5.83. The second kappa shape index (κ2) is 13.5. The maximum absolute atomic E-state index is 6.05. The van der Waals surface area contributed by atoms with Crippen LogP contribution in [0.25, 0.3) is 0 Å². The highest BCUT2D eigenvalue weighted by atomic mass is 16.7. The zero-order chi connectivity index (χ0) is 16.0. The van der Waals surface area contributed by atoms with Crippen molar-refractivity contribution in [2.24, 2.45) is 11.7 Å². The summed E-state index contributed by atoms with van der Waals surface area (Å²) in [6, 6.07) is 0. The number of rotatable bonds is 15. The Kier molecular flexibility index (Phi) is 13.5. The van der Waals surface area contributed by atoms with Gasteiger partial charge in [-0.1, -0.05) is 52.4 Å². The summed E-state index contributed by atoms with van der Waals surface area (Å²) in [6.07, 6.45) is 11.0. The van der Waals surface area contributed by atoms with Crippen LogP contribution in [-0.4, -0.2) is 25.5 Å². The van der Waals surface area contributed by atoms with Gasteiger partial charge in [0.15, 0.2) is 5.79 Å². The summed E-state index contributed by atoms with van der Waals surface area (Å²) in [5.74, 6) is -0.00897. The minimum Gasteiger partial charge on any atom is -0.350 e. The molecule has 2 N–H and O–H groups in total. The molecule has 0 saturated heterocycles. The first kappa shape index (κ1) is 20.9. The van der Waals surface area contributed by atoms with E-state index in [1.807, 2.05) is 13.8 Å². The number of nitrogens with two attached hydrogens (primary N) is 1. The quantitative estimate of drug-likeness (QED) is 0.346. The van der Waals surface area contributed by atoms with E-state index in [1.54, 1.807) is 0 Å². The zero-order valence-electron chi connectivity index (χ0n) is 15.0. The van der Waals surface area contributed by atoms with Crippen molar-refractivity contribution < 1.29 is 9.47 Å². The summed E-state index contributed by atoms with van der Waals surface area (Å²) in [4.78, 5) is 0. The van der Waals surface area contributed by atoms with Gasteiger partial charge in [-0.25, -0.2) is 0 Å². The topological polar surface area (TPSA) is 44.5 Å². The molecule has 0 amide bonds. The standard InChI is InChI=1S/C18H39NO2/c1-5-9-10-11-12-13-14-17(15-16-19)18(6-2,20-7-3)21-8-4/h17H,5-16,19H2,1-4H3. The molecular weight excluding hydrogens is 262 g/mol. The molecule has 0 rings (SSSR count). The lowest BCUT2D eigenvalue weighted by molar-refractivity contribution is -0.267. The predicted octanol–water partition coefficient (Wildman–Crippen LogP) is 4.88. The number of unbranched alkanes of at least 4 members (excludes halogenated alkanes) is 5. The number of hydrogen-bond donors (Lipinski definition) is 1. The van der Waals surface area contributed by atoms with Gasteiger partial charge in [-0.2, -0.15) is 0 Å². The summed E-state index contributed by atoms with van der Waals surface area (Å²) in [5, 5.41) is 0. The first-order valence-corrected chi connectivity index (χ1v) is 9.18. The van der Waals surface area contributed by atoms with Crippen LogP contribution in [0.5, 0.6) is 0 Å². The maximum atomic E-state index is 6.05. The molecule has 0 spiro atoms. The van der Waals surface area contributed by atoms with E-state index >= 15 is 0 Å². The third-order valence-electron chi connectivity index (χ3n) is 4.31. The molecule has 0 aromatic heterocycles. The van der Waals surface area contributed by atoms with Gasteiger partial charge >= 0.3 is 0 Å². The molecule has 0 aliphatic rings. The van der Waals surface area contributed by atoms with Crippen LogP contribution in [0.3, 0.4) is 0 Å². The fraction of sp³-hybridized carbons (Fsp3) is 1.00. The fourth-order valence-corrected chi connectivity index (χ4v) is 3.22. The molecule has 128 valence electrons. The Bertz CT molecular complexity index is 215. The Morgan fingerprint density at radius 1 is 0.810 bits per heavy atom.